The molecular weight excluding hydrogens is 250 g/mol. The average molecular weight is 275 g/mol. The Morgan fingerprint density at radius 3 is 2.70 bits per heavy atom. The first-order valence-electron chi connectivity index (χ1n) is 7.17. The van der Waals surface area contributed by atoms with Crippen LogP contribution in [0.5, 0.6) is 0 Å². The molecule has 0 atom stereocenters. The molecule has 0 unspecified atom stereocenters. The van der Waals surface area contributed by atoms with E-state index >= 15 is 0 Å². The molecule has 0 saturated heterocycles. The number of nitrogens with zero attached hydrogens (tertiary/aromatic N) is 4. The third-order valence-electron chi connectivity index (χ3n) is 3.20. The van der Waals surface area contributed by atoms with Crippen molar-refractivity contribution in [2.75, 3.05) is 0 Å². The van der Waals surface area contributed by atoms with E-state index < -0.39 is 0 Å². The van der Waals surface area contributed by atoms with Gasteiger partial charge in [-0.1, -0.05) is 0 Å². The van der Waals surface area contributed by atoms with Gasteiger partial charge in [-0.2, -0.15) is 5.10 Å². The fourth-order valence-corrected chi connectivity index (χ4v) is 2.17. The lowest BCUT2D eigenvalue weighted by molar-refractivity contribution is 0.412. The Balaban J connectivity index is 2.12. The predicted molar refractivity (Wildman–Crippen MR) is 80.6 cm³/mol. The van der Waals surface area contributed by atoms with Crippen molar-refractivity contribution < 1.29 is 0 Å². The predicted octanol–water partition coefficient (Wildman–Crippen LogP) is 2.34. The van der Waals surface area contributed by atoms with Gasteiger partial charge in [0.15, 0.2) is 0 Å². The highest BCUT2D eigenvalue weighted by molar-refractivity contribution is 5.10. The maximum absolute atomic E-state index is 4.49. The van der Waals surface area contributed by atoms with E-state index in [4.69, 9.17) is 0 Å². The van der Waals surface area contributed by atoms with Gasteiger partial charge in [0.1, 0.15) is 5.82 Å². The number of aryl methyl sites for hydroxylation is 2. The second-order valence-electron chi connectivity index (χ2n) is 6.17. The number of hydrogen-bond donors (Lipinski definition) is 1. The van der Waals surface area contributed by atoms with Crippen molar-refractivity contribution in [3.05, 3.63) is 35.7 Å². The van der Waals surface area contributed by atoms with Crippen LogP contribution >= 0.6 is 0 Å². The maximum atomic E-state index is 4.49. The fraction of sp³-hybridized carbons (Fsp3) is 0.600. The van der Waals surface area contributed by atoms with Crippen molar-refractivity contribution >= 4 is 0 Å². The Hall–Kier alpha value is -1.62. The van der Waals surface area contributed by atoms with Gasteiger partial charge in [0.25, 0.3) is 0 Å². The van der Waals surface area contributed by atoms with Crippen molar-refractivity contribution in [1.82, 2.24) is 24.6 Å². The minimum absolute atomic E-state index is 0.0958. The van der Waals surface area contributed by atoms with Gasteiger partial charge in [-0.15, -0.1) is 0 Å². The van der Waals surface area contributed by atoms with E-state index in [1.807, 2.05) is 19.3 Å². The molecule has 0 radical (unpaired) electrons. The van der Waals surface area contributed by atoms with Gasteiger partial charge < -0.3 is 9.88 Å². The molecule has 2 heterocycles. The Labute approximate surface area is 121 Å². The van der Waals surface area contributed by atoms with E-state index in [1.54, 1.807) is 0 Å². The van der Waals surface area contributed by atoms with E-state index in [-0.39, 0.29) is 5.54 Å². The largest absolute Gasteiger partial charge is 0.328 e. The minimum atomic E-state index is 0.0958. The van der Waals surface area contributed by atoms with Crippen LogP contribution in [0, 0.1) is 6.92 Å². The Morgan fingerprint density at radius 1 is 1.30 bits per heavy atom. The van der Waals surface area contributed by atoms with Gasteiger partial charge in [0.2, 0.25) is 0 Å². The lowest BCUT2D eigenvalue weighted by atomic mass is 10.1. The van der Waals surface area contributed by atoms with Crippen LogP contribution in [0.1, 0.15) is 44.9 Å². The molecule has 0 bridgehead atoms. The summed E-state index contributed by atoms with van der Waals surface area (Å²) in [5.41, 5.74) is 2.38. The molecule has 0 aromatic carbocycles. The molecular formula is C15H25N5. The smallest absolute Gasteiger partial charge is 0.123 e. The standard InChI is InChI=1S/C15H25N5/c1-6-20-13(9-12(2)18-20)11-19-8-7-16-14(19)10-17-15(3,4)5/h7-9,17H,6,10-11H2,1-5H3. The molecule has 2 aromatic rings. The van der Waals surface area contributed by atoms with E-state index in [0.717, 1.165) is 31.2 Å². The van der Waals surface area contributed by atoms with Gasteiger partial charge >= 0.3 is 0 Å². The van der Waals surface area contributed by atoms with Gasteiger partial charge in [-0.25, -0.2) is 4.98 Å². The third kappa shape index (κ3) is 3.70. The van der Waals surface area contributed by atoms with Gasteiger partial charge in [0, 0.05) is 24.5 Å². The summed E-state index contributed by atoms with van der Waals surface area (Å²) in [4.78, 5) is 4.45. The van der Waals surface area contributed by atoms with E-state index in [0.29, 0.717) is 0 Å². The quantitative estimate of drug-likeness (QED) is 0.911. The summed E-state index contributed by atoms with van der Waals surface area (Å²) < 4.78 is 4.23. The molecule has 5 heteroatoms. The Morgan fingerprint density at radius 2 is 2.05 bits per heavy atom. The Kier molecular flexibility index (Phi) is 4.28. The summed E-state index contributed by atoms with van der Waals surface area (Å²) >= 11 is 0. The summed E-state index contributed by atoms with van der Waals surface area (Å²) in [6.45, 7) is 13.1. The zero-order valence-electron chi connectivity index (χ0n) is 13.1. The number of imidazole rings is 1. The SMILES string of the molecule is CCn1nc(C)cc1Cn1ccnc1CNC(C)(C)C. The number of hydrogen-bond acceptors (Lipinski definition) is 3. The molecule has 0 aliphatic rings. The highest BCUT2D eigenvalue weighted by atomic mass is 15.3. The number of rotatable bonds is 5. The van der Waals surface area contributed by atoms with Crippen molar-refractivity contribution in [1.29, 1.82) is 0 Å². The first-order chi connectivity index (χ1) is 9.39. The average Bonchev–Trinajstić information content (AvgIpc) is 2.93. The normalized spacial score (nSPS) is 12.1. The topological polar surface area (TPSA) is 47.7 Å². The highest BCUT2D eigenvalue weighted by Crippen LogP contribution is 2.09. The highest BCUT2D eigenvalue weighted by Gasteiger charge is 2.12. The van der Waals surface area contributed by atoms with Crippen LogP contribution in [0.15, 0.2) is 18.5 Å². The molecule has 0 amide bonds. The molecule has 2 aromatic heterocycles. The van der Waals surface area contributed by atoms with Crippen LogP contribution < -0.4 is 5.32 Å². The maximum Gasteiger partial charge on any atom is 0.123 e. The summed E-state index contributed by atoms with van der Waals surface area (Å²) in [6, 6.07) is 2.14. The zero-order valence-corrected chi connectivity index (χ0v) is 13.1. The monoisotopic (exact) mass is 275 g/mol. The van der Waals surface area contributed by atoms with Crippen LogP contribution in [0.2, 0.25) is 0 Å². The molecule has 2 rings (SSSR count). The second-order valence-corrected chi connectivity index (χ2v) is 6.17. The summed E-state index contributed by atoms with van der Waals surface area (Å²) in [7, 11) is 0. The molecule has 0 spiro atoms. The molecule has 0 aliphatic carbocycles. The van der Waals surface area contributed by atoms with Crippen LogP contribution in [-0.4, -0.2) is 24.9 Å². The minimum Gasteiger partial charge on any atom is -0.328 e. The molecule has 20 heavy (non-hydrogen) atoms. The van der Waals surface area contributed by atoms with Gasteiger partial charge in [0.05, 0.1) is 24.5 Å². The molecule has 110 valence electrons. The Bertz CT molecular complexity index is 559. The van der Waals surface area contributed by atoms with Gasteiger partial charge in [-0.3, -0.25) is 4.68 Å². The lowest BCUT2D eigenvalue weighted by Gasteiger charge is -2.20. The van der Waals surface area contributed by atoms with Crippen LogP contribution in [0.3, 0.4) is 0 Å². The third-order valence-corrected chi connectivity index (χ3v) is 3.20. The number of nitrogens with one attached hydrogen (secondary N) is 1. The fourth-order valence-electron chi connectivity index (χ4n) is 2.17. The van der Waals surface area contributed by atoms with Crippen molar-refractivity contribution in [3.8, 4) is 0 Å². The van der Waals surface area contributed by atoms with Gasteiger partial charge in [-0.05, 0) is 40.7 Å². The van der Waals surface area contributed by atoms with Crippen molar-refractivity contribution in [3.63, 3.8) is 0 Å². The van der Waals surface area contributed by atoms with Crippen LogP contribution in [0.25, 0.3) is 0 Å². The molecule has 0 saturated carbocycles. The zero-order chi connectivity index (χ0) is 14.8. The summed E-state index contributed by atoms with van der Waals surface area (Å²) in [5.74, 6) is 1.06. The first-order valence-corrected chi connectivity index (χ1v) is 7.17. The van der Waals surface area contributed by atoms with E-state index in [2.05, 4.69) is 58.4 Å². The molecule has 1 N–H and O–H groups in total. The summed E-state index contributed by atoms with van der Waals surface area (Å²) in [5, 5.41) is 7.97. The lowest BCUT2D eigenvalue weighted by Crippen LogP contribution is -2.36. The first kappa shape index (κ1) is 14.8. The van der Waals surface area contributed by atoms with Crippen LogP contribution in [0.4, 0.5) is 0 Å². The van der Waals surface area contributed by atoms with Crippen molar-refractivity contribution in [2.24, 2.45) is 0 Å². The molecule has 5 nitrogen and oxygen atoms in total. The van der Waals surface area contributed by atoms with E-state index in [9.17, 15) is 0 Å². The van der Waals surface area contributed by atoms with E-state index in [1.165, 1.54) is 5.69 Å². The van der Waals surface area contributed by atoms with Crippen LogP contribution in [-0.2, 0) is 19.6 Å². The molecule has 0 aliphatic heterocycles. The molecule has 0 fully saturated rings. The second kappa shape index (κ2) is 5.79. The summed E-state index contributed by atoms with van der Waals surface area (Å²) in [6.07, 6.45) is 3.89. The van der Waals surface area contributed by atoms with Crippen molar-refractivity contribution in [2.45, 2.75) is 59.8 Å². The number of aromatic nitrogens is 4.